The van der Waals surface area contributed by atoms with Gasteiger partial charge in [-0.2, -0.15) is 0 Å². The lowest BCUT2D eigenvalue weighted by Crippen LogP contribution is -2.21. The highest BCUT2D eigenvalue weighted by molar-refractivity contribution is 6.42. The Kier molecular flexibility index (Phi) is 3.75. The fourth-order valence-electron chi connectivity index (χ4n) is 0.977. The molecule has 0 saturated heterocycles. The summed E-state index contributed by atoms with van der Waals surface area (Å²) in [5.41, 5.74) is 0.634. The van der Waals surface area contributed by atoms with E-state index in [2.05, 4.69) is 0 Å². The van der Waals surface area contributed by atoms with Crippen molar-refractivity contribution in [2.24, 2.45) is 0 Å². The van der Waals surface area contributed by atoms with Crippen molar-refractivity contribution in [3.05, 3.63) is 33.8 Å². The van der Waals surface area contributed by atoms with Crippen LogP contribution in [0.3, 0.4) is 0 Å². The summed E-state index contributed by atoms with van der Waals surface area (Å²) in [6, 6.07) is 4.73. The molecule has 14 heavy (non-hydrogen) atoms. The molecule has 0 spiro atoms. The highest BCUT2D eigenvalue weighted by atomic mass is 35.5. The van der Waals surface area contributed by atoms with E-state index in [0.717, 1.165) is 0 Å². The van der Waals surface area contributed by atoms with E-state index in [0.29, 0.717) is 15.6 Å². The maximum Gasteiger partial charge on any atom is 0.332 e. The first-order valence-corrected chi connectivity index (χ1v) is 4.61. The summed E-state index contributed by atoms with van der Waals surface area (Å²) in [4.78, 5) is 10.3. The predicted octanol–water partition coefficient (Wildman–Crippen LogP) is 1.98. The first-order valence-electron chi connectivity index (χ1n) is 3.85. The van der Waals surface area contributed by atoms with Gasteiger partial charge in [-0.15, -0.1) is 0 Å². The molecule has 0 aliphatic rings. The van der Waals surface area contributed by atoms with Crippen molar-refractivity contribution in [1.82, 2.24) is 0 Å². The first-order chi connectivity index (χ1) is 6.50. The highest BCUT2D eigenvalue weighted by Gasteiger charge is 2.13. The molecular weight excluding hydrogens is 227 g/mol. The lowest BCUT2D eigenvalue weighted by atomic mass is 10.1. The number of hydrogen-bond acceptors (Lipinski definition) is 2. The zero-order valence-corrected chi connectivity index (χ0v) is 8.59. The molecule has 1 aromatic rings. The van der Waals surface area contributed by atoms with Gasteiger partial charge in [0, 0.05) is 6.42 Å². The van der Waals surface area contributed by atoms with Gasteiger partial charge in [-0.3, -0.25) is 0 Å². The molecule has 2 N–H and O–H groups in total. The Morgan fingerprint density at radius 3 is 2.50 bits per heavy atom. The molecule has 3 nitrogen and oxygen atoms in total. The van der Waals surface area contributed by atoms with E-state index >= 15 is 0 Å². The van der Waals surface area contributed by atoms with E-state index in [9.17, 15) is 4.79 Å². The molecule has 5 heteroatoms. The summed E-state index contributed by atoms with van der Waals surface area (Å²) >= 11 is 11.4. The van der Waals surface area contributed by atoms with Crippen LogP contribution in [0.5, 0.6) is 0 Å². The third kappa shape index (κ3) is 2.87. The van der Waals surface area contributed by atoms with Crippen LogP contribution >= 0.6 is 23.2 Å². The third-order valence-electron chi connectivity index (χ3n) is 1.70. The number of carbonyl (C=O) groups is 1. The van der Waals surface area contributed by atoms with E-state index in [1.54, 1.807) is 12.1 Å². The van der Waals surface area contributed by atoms with Crippen LogP contribution in [0.2, 0.25) is 10.0 Å². The number of aliphatic hydroxyl groups is 1. The number of rotatable bonds is 3. The number of carboxylic acid groups (broad SMARTS) is 1. The van der Waals surface area contributed by atoms with E-state index in [-0.39, 0.29) is 6.42 Å². The van der Waals surface area contributed by atoms with Gasteiger partial charge in [0.15, 0.2) is 6.10 Å². The van der Waals surface area contributed by atoms with Gasteiger partial charge >= 0.3 is 5.97 Å². The van der Waals surface area contributed by atoms with Crippen molar-refractivity contribution >= 4 is 29.2 Å². The van der Waals surface area contributed by atoms with E-state index in [4.69, 9.17) is 33.4 Å². The Balaban J connectivity index is 2.78. The molecule has 0 aliphatic heterocycles. The normalized spacial score (nSPS) is 12.5. The number of aliphatic carboxylic acids is 1. The lowest BCUT2D eigenvalue weighted by molar-refractivity contribution is -0.146. The van der Waals surface area contributed by atoms with Crippen LogP contribution in [0.4, 0.5) is 0 Å². The Hall–Kier alpha value is -0.770. The first kappa shape index (κ1) is 11.3. The van der Waals surface area contributed by atoms with Gasteiger partial charge in [0.1, 0.15) is 0 Å². The van der Waals surface area contributed by atoms with Gasteiger partial charge in [-0.25, -0.2) is 4.79 Å². The second-order valence-corrected chi connectivity index (χ2v) is 3.62. The van der Waals surface area contributed by atoms with Crippen LogP contribution in [0.25, 0.3) is 0 Å². The smallest absolute Gasteiger partial charge is 0.332 e. The average Bonchev–Trinajstić information content (AvgIpc) is 2.11. The molecule has 0 aliphatic carbocycles. The zero-order valence-electron chi connectivity index (χ0n) is 7.08. The Morgan fingerprint density at radius 1 is 1.36 bits per heavy atom. The monoisotopic (exact) mass is 234 g/mol. The van der Waals surface area contributed by atoms with E-state index in [1.165, 1.54) is 6.07 Å². The third-order valence-corrected chi connectivity index (χ3v) is 2.44. The van der Waals surface area contributed by atoms with Crippen molar-refractivity contribution in [3.63, 3.8) is 0 Å². The zero-order chi connectivity index (χ0) is 10.7. The number of halogens is 2. The summed E-state index contributed by atoms with van der Waals surface area (Å²) in [5.74, 6) is -1.25. The van der Waals surface area contributed by atoms with Crippen molar-refractivity contribution in [2.45, 2.75) is 12.5 Å². The van der Waals surface area contributed by atoms with Crippen LogP contribution in [-0.2, 0) is 11.2 Å². The number of hydrogen-bond donors (Lipinski definition) is 2. The molecule has 1 unspecified atom stereocenters. The van der Waals surface area contributed by atoms with Gasteiger partial charge < -0.3 is 10.2 Å². The maximum atomic E-state index is 10.3. The molecule has 0 radical (unpaired) electrons. The van der Waals surface area contributed by atoms with Crippen LogP contribution in [-0.4, -0.2) is 22.3 Å². The van der Waals surface area contributed by atoms with Crippen LogP contribution in [0.1, 0.15) is 5.56 Å². The highest BCUT2D eigenvalue weighted by Crippen LogP contribution is 2.23. The summed E-state index contributed by atoms with van der Waals surface area (Å²) < 4.78 is 0. The van der Waals surface area contributed by atoms with Crippen LogP contribution < -0.4 is 0 Å². The van der Waals surface area contributed by atoms with Crippen molar-refractivity contribution < 1.29 is 15.0 Å². The number of carboxylic acids is 1. The minimum Gasteiger partial charge on any atom is -0.479 e. The molecule has 0 fully saturated rings. The topological polar surface area (TPSA) is 57.5 Å². The minimum atomic E-state index is -1.41. The van der Waals surface area contributed by atoms with Gasteiger partial charge in [0.25, 0.3) is 0 Å². The Morgan fingerprint density at radius 2 is 2.00 bits per heavy atom. The van der Waals surface area contributed by atoms with Crippen molar-refractivity contribution in [3.8, 4) is 0 Å². The number of aliphatic hydroxyl groups excluding tert-OH is 1. The maximum absolute atomic E-state index is 10.3. The molecule has 0 saturated carbocycles. The fourth-order valence-corrected chi connectivity index (χ4v) is 1.30. The second-order valence-electron chi connectivity index (χ2n) is 2.81. The molecule has 0 heterocycles. The molecule has 1 aromatic carbocycles. The van der Waals surface area contributed by atoms with Crippen molar-refractivity contribution in [2.75, 3.05) is 0 Å². The molecular formula is C9H8Cl2O3. The van der Waals surface area contributed by atoms with Gasteiger partial charge in [-0.1, -0.05) is 29.3 Å². The minimum absolute atomic E-state index is 0.0201. The van der Waals surface area contributed by atoms with Crippen LogP contribution in [0, 0.1) is 0 Å². The molecule has 1 atom stereocenters. The second kappa shape index (κ2) is 4.64. The molecule has 76 valence electrons. The summed E-state index contributed by atoms with van der Waals surface area (Å²) in [7, 11) is 0. The van der Waals surface area contributed by atoms with E-state index < -0.39 is 12.1 Å². The van der Waals surface area contributed by atoms with Crippen molar-refractivity contribution in [1.29, 1.82) is 0 Å². The molecule has 0 bridgehead atoms. The predicted molar refractivity (Wildman–Crippen MR) is 53.8 cm³/mol. The summed E-state index contributed by atoms with van der Waals surface area (Å²) in [6.45, 7) is 0. The Bertz CT molecular complexity index is 352. The standard InChI is InChI=1S/C9H8Cl2O3/c10-6-2-1-5(3-7(6)11)4-8(12)9(13)14/h1-3,8,12H,4H2,(H,13,14). The van der Waals surface area contributed by atoms with Gasteiger partial charge in [-0.05, 0) is 17.7 Å². The SMILES string of the molecule is O=C(O)C(O)Cc1ccc(Cl)c(Cl)c1. The largest absolute Gasteiger partial charge is 0.479 e. The quantitative estimate of drug-likeness (QED) is 0.842. The Labute approximate surface area is 90.9 Å². The van der Waals surface area contributed by atoms with Gasteiger partial charge in [0.05, 0.1) is 10.0 Å². The molecule has 0 aromatic heterocycles. The molecule has 0 amide bonds. The summed E-state index contributed by atoms with van der Waals surface area (Å²) in [6.07, 6.45) is -1.39. The average molecular weight is 235 g/mol. The lowest BCUT2D eigenvalue weighted by Gasteiger charge is -2.06. The van der Waals surface area contributed by atoms with Crippen LogP contribution in [0.15, 0.2) is 18.2 Å². The summed E-state index contributed by atoms with van der Waals surface area (Å²) in [5, 5.41) is 18.3. The number of benzene rings is 1. The molecule has 1 rings (SSSR count). The van der Waals surface area contributed by atoms with E-state index in [1.807, 2.05) is 0 Å². The van der Waals surface area contributed by atoms with Gasteiger partial charge in [0.2, 0.25) is 0 Å². The fraction of sp³-hybridized carbons (Fsp3) is 0.222.